The molecular weight excluding hydrogens is 256 g/mol. The topological polar surface area (TPSA) is 41.0 Å². The van der Waals surface area contributed by atoms with E-state index in [9.17, 15) is 0 Å². The summed E-state index contributed by atoms with van der Waals surface area (Å²) in [6.07, 6.45) is 1.92. The van der Waals surface area contributed by atoms with Crippen LogP contribution in [-0.4, -0.2) is 24.1 Å². The molecule has 19 heavy (non-hydrogen) atoms. The van der Waals surface area contributed by atoms with Crippen molar-refractivity contribution in [2.75, 3.05) is 19.0 Å². The second-order valence-electron chi connectivity index (χ2n) is 4.67. The smallest absolute Gasteiger partial charge is 0.0898 e. The first-order chi connectivity index (χ1) is 9.10. The largest absolute Gasteiger partial charge is 0.367 e. The molecule has 0 saturated heterocycles. The van der Waals surface area contributed by atoms with E-state index in [2.05, 4.69) is 51.7 Å². The summed E-state index contributed by atoms with van der Waals surface area (Å²) in [6.45, 7) is 4.94. The SMILES string of the molecule is CNC(C)c1ccc(N(C)Cc2csc(C)n2)cn1. The van der Waals surface area contributed by atoms with Crippen molar-refractivity contribution in [3.63, 3.8) is 0 Å². The highest BCUT2D eigenvalue weighted by Crippen LogP contribution is 2.18. The lowest BCUT2D eigenvalue weighted by molar-refractivity contribution is 0.632. The first-order valence-electron chi connectivity index (χ1n) is 6.35. The summed E-state index contributed by atoms with van der Waals surface area (Å²) in [7, 11) is 4.00. The van der Waals surface area contributed by atoms with Gasteiger partial charge in [0.15, 0.2) is 0 Å². The lowest BCUT2D eigenvalue weighted by Gasteiger charge is -2.18. The fraction of sp³-hybridized carbons (Fsp3) is 0.429. The third kappa shape index (κ3) is 3.52. The van der Waals surface area contributed by atoms with Crippen LogP contribution in [0, 0.1) is 6.92 Å². The van der Waals surface area contributed by atoms with Gasteiger partial charge >= 0.3 is 0 Å². The van der Waals surface area contributed by atoms with Gasteiger partial charge < -0.3 is 10.2 Å². The Hall–Kier alpha value is -1.46. The van der Waals surface area contributed by atoms with Crippen molar-refractivity contribution in [3.05, 3.63) is 40.1 Å². The Kier molecular flexibility index (Phi) is 4.50. The van der Waals surface area contributed by atoms with Crippen LogP contribution in [0.4, 0.5) is 5.69 Å². The number of thiazole rings is 1. The quantitative estimate of drug-likeness (QED) is 0.911. The van der Waals surface area contributed by atoms with Gasteiger partial charge in [0.2, 0.25) is 0 Å². The van der Waals surface area contributed by atoms with E-state index in [1.54, 1.807) is 11.3 Å². The van der Waals surface area contributed by atoms with Gasteiger partial charge in [-0.05, 0) is 33.0 Å². The molecule has 0 bridgehead atoms. The molecule has 1 atom stereocenters. The maximum absolute atomic E-state index is 4.50. The van der Waals surface area contributed by atoms with Crippen LogP contribution in [0.3, 0.4) is 0 Å². The fourth-order valence-corrected chi connectivity index (χ4v) is 2.45. The molecule has 2 aromatic rings. The van der Waals surface area contributed by atoms with E-state index < -0.39 is 0 Å². The van der Waals surface area contributed by atoms with Gasteiger partial charge in [-0.2, -0.15) is 0 Å². The van der Waals surface area contributed by atoms with Crippen LogP contribution in [0.15, 0.2) is 23.7 Å². The lowest BCUT2D eigenvalue weighted by atomic mass is 10.2. The minimum atomic E-state index is 0.278. The summed E-state index contributed by atoms with van der Waals surface area (Å²) in [5, 5.41) is 6.41. The van der Waals surface area contributed by atoms with E-state index >= 15 is 0 Å². The highest BCUT2D eigenvalue weighted by molar-refractivity contribution is 7.09. The first-order valence-corrected chi connectivity index (χ1v) is 7.23. The van der Waals surface area contributed by atoms with Gasteiger partial charge in [-0.1, -0.05) is 0 Å². The van der Waals surface area contributed by atoms with E-state index in [4.69, 9.17) is 0 Å². The van der Waals surface area contributed by atoms with Crippen LogP contribution >= 0.6 is 11.3 Å². The van der Waals surface area contributed by atoms with Gasteiger partial charge in [0.25, 0.3) is 0 Å². The molecule has 0 aliphatic carbocycles. The number of hydrogen-bond acceptors (Lipinski definition) is 5. The van der Waals surface area contributed by atoms with Gasteiger partial charge in [0, 0.05) is 18.5 Å². The van der Waals surface area contributed by atoms with E-state index in [1.807, 2.05) is 20.2 Å². The van der Waals surface area contributed by atoms with E-state index in [1.165, 1.54) is 0 Å². The average molecular weight is 276 g/mol. The van der Waals surface area contributed by atoms with Crippen LogP contribution in [0.1, 0.15) is 29.4 Å². The van der Waals surface area contributed by atoms with Crippen LogP contribution in [0.5, 0.6) is 0 Å². The zero-order chi connectivity index (χ0) is 13.8. The van der Waals surface area contributed by atoms with Gasteiger partial charge in [-0.15, -0.1) is 11.3 Å². The molecule has 5 heteroatoms. The monoisotopic (exact) mass is 276 g/mol. The maximum Gasteiger partial charge on any atom is 0.0898 e. The summed E-state index contributed by atoms with van der Waals surface area (Å²) < 4.78 is 0. The van der Waals surface area contributed by atoms with Crippen LogP contribution in [0.2, 0.25) is 0 Å². The molecule has 0 fully saturated rings. The van der Waals surface area contributed by atoms with Crippen LogP contribution in [-0.2, 0) is 6.54 Å². The molecule has 2 aromatic heterocycles. The normalized spacial score (nSPS) is 12.4. The average Bonchev–Trinajstić information content (AvgIpc) is 2.83. The molecule has 0 aliphatic heterocycles. The fourth-order valence-electron chi connectivity index (χ4n) is 1.84. The van der Waals surface area contributed by atoms with Gasteiger partial charge in [-0.3, -0.25) is 4.98 Å². The molecule has 0 spiro atoms. The van der Waals surface area contributed by atoms with Crippen LogP contribution < -0.4 is 10.2 Å². The first kappa shape index (κ1) is 14.0. The number of aryl methyl sites for hydroxylation is 1. The van der Waals surface area contributed by atoms with Crippen LogP contribution in [0.25, 0.3) is 0 Å². The highest BCUT2D eigenvalue weighted by Gasteiger charge is 2.07. The minimum Gasteiger partial charge on any atom is -0.367 e. The summed E-state index contributed by atoms with van der Waals surface area (Å²) in [6, 6.07) is 4.45. The predicted octanol–water partition coefficient (Wildman–Crippen LogP) is 2.76. The Labute approximate surface area is 118 Å². The summed E-state index contributed by atoms with van der Waals surface area (Å²) in [5.74, 6) is 0. The zero-order valence-electron chi connectivity index (χ0n) is 11.8. The Morgan fingerprint density at radius 2 is 2.21 bits per heavy atom. The third-order valence-corrected chi connectivity index (χ3v) is 3.98. The Balaban J connectivity index is 2.05. The van der Waals surface area contributed by atoms with Gasteiger partial charge in [0.05, 0.1) is 34.8 Å². The number of anilines is 1. The van der Waals surface area contributed by atoms with E-state index in [0.29, 0.717) is 0 Å². The molecule has 2 rings (SSSR count). The molecule has 0 amide bonds. The molecule has 102 valence electrons. The molecule has 2 heterocycles. The van der Waals surface area contributed by atoms with Crippen molar-refractivity contribution < 1.29 is 0 Å². The summed E-state index contributed by atoms with van der Waals surface area (Å²) in [5.41, 5.74) is 3.28. The van der Waals surface area contributed by atoms with Crippen molar-refractivity contribution >= 4 is 17.0 Å². The second kappa shape index (κ2) is 6.12. The van der Waals surface area contributed by atoms with E-state index in [0.717, 1.165) is 28.6 Å². The highest BCUT2D eigenvalue weighted by atomic mass is 32.1. The summed E-state index contributed by atoms with van der Waals surface area (Å²) >= 11 is 1.69. The number of pyridine rings is 1. The Morgan fingerprint density at radius 3 is 2.74 bits per heavy atom. The Bertz CT molecular complexity index is 520. The van der Waals surface area contributed by atoms with Crippen molar-refractivity contribution in [1.82, 2.24) is 15.3 Å². The number of nitrogens with one attached hydrogen (secondary N) is 1. The predicted molar refractivity (Wildman–Crippen MR) is 80.7 cm³/mol. The summed E-state index contributed by atoms with van der Waals surface area (Å²) in [4.78, 5) is 11.1. The van der Waals surface area contributed by atoms with Crippen molar-refractivity contribution in [2.45, 2.75) is 26.4 Å². The van der Waals surface area contributed by atoms with Crippen molar-refractivity contribution in [2.24, 2.45) is 0 Å². The molecule has 1 N–H and O–H groups in total. The number of rotatable bonds is 5. The molecular formula is C14H20N4S. The second-order valence-corrected chi connectivity index (χ2v) is 5.73. The van der Waals surface area contributed by atoms with Gasteiger partial charge in [0.1, 0.15) is 0 Å². The van der Waals surface area contributed by atoms with Gasteiger partial charge in [-0.25, -0.2) is 4.98 Å². The molecule has 4 nitrogen and oxygen atoms in total. The van der Waals surface area contributed by atoms with Crippen molar-refractivity contribution in [3.8, 4) is 0 Å². The molecule has 1 unspecified atom stereocenters. The molecule has 0 saturated carbocycles. The third-order valence-electron chi connectivity index (χ3n) is 3.15. The maximum atomic E-state index is 4.50. The lowest BCUT2D eigenvalue weighted by Crippen LogP contribution is -2.18. The minimum absolute atomic E-state index is 0.278. The standard InChI is InChI=1S/C14H20N4S/c1-10(15-3)14-6-5-13(7-16-14)18(4)8-12-9-19-11(2)17-12/h5-7,9-10,15H,8H2,1-4H3. The number of nitrogens with zero attached hydrogens (tertiary/aromatic N) is 3. The van der Waals surface area contributed by atoms with E-state index in [-0.39, 0.29) is 6.04 Å². The molecule has 0 aromatic carbocycles. The number of hydrogen-bond donors (Lipinski definition) is 1. The van der Waals surface area contributed by atoms with Crippen molar-refractivity contribution in [1.29, 1.82) is 0 Å². The molecule has 0 radical (unpaired) electrons. The Morgan fingerprint density at radius 1 is 1.42 bits per heavy atom. The number of aromatic nitrogens is 2. The molecule has 0 aliphatic rings. The zero-order valence-corrected chi connectivity index (χ0v) is 12.7.